The van der Waals surface area contributed by atoms with E-state index in [1.54, 1.807) is 25.1 Å². The maximum absolute atomic E-state index is 13.1. The van der Waals surface area contributed by atoms with Gasteiger partial charge < -0.3 is 4.74 Å². The number of nitrogens with zero attached hydrogens (tertiary/aromatic N) is 2. The predicted octanol–water partition coefficient (Wildman–Crippen LogP) is 1.91. The highest BCUT2D eigenvalue weighted by Gasteiger charge is 2.26. The first-order valence-electron chi connectivity index (χ1n) is 7.92. The van der Waals surface area contributed by atoms with Crippen LogP contribution in [0.25, 0.3) is 0 Å². The lowest BCUT2D eigenvalue weighted by atomic mass is 10.2. The Labute approximate surface area is 157 Å². The third kappa shape index (κ3) is 5.35. The van der Waals surface area contributed by atoms with Gasteiger partial charge in [-0.1, -0.05) is 18.2 Å². The van der Waals surface area contributed by atoms with Crippen LogP contribution in [0.3, 0.4) is 0 Å². The van der Waals surface area contributed by atoms with Gasteiger partial charge >= 0.3 is 0 Å². The molecule has 0 bridgehead atoms. The molecule has 2 rings (SSSR count). The van der Waals surface area contributed by atoms with E-state index in [4.69, 9.17) is 4.74 Å². The predicted molar refractivity (Wildman–Crippen MR) is 99.7 cm³/mol. The van der Waals surface area contributed by atoms with E-state index in [9.17, 15) is 17.6 Å². The van der Waals surface area contributed by atoms with Crippen LogP contribution >= 0.6 is 0 Å². The number of ether oxygens (including phenoxy) is 1. The molecular formula is C18H20FN3O4S. The molecule has 0 heterocycles. The maximum atomic E-state index is 13.1. The normalized spacial score (nSPS) is 11.7. The molecule has 0 saturated carbocycles. The molecule has 7 nitrogen and oxygen atoms in total. The summed E-state index contributed by atoms with van der Waals surface area (Å²) >= 11 is 0. The number of likely N-dealkylation sites (N-methyl/N-ethyl adjacent to an activating group) is 1. The zero-order valence-electron chi connectivity index (χ0n) is 15.1. The van der Waals surface area contributed by atoms with Crippen molar-refractivity contribution in [3.63, 3.8) is 0 Å². The SMILES string of the molecule is COc1ccc(C)cc1S(=O)(=O)N(C)CC(=O)N/N=C\c1cccc(F)c1. The summed E-state index contributed by atoms with van der Waals surface area (Å²) in [7, 11) is -1.28. The number of rotatable bonds is 7. The molecule has 0 fully saturated rings. The van der Waals surface area contributed by atoms with E-state index in [0.717, 1.165) is 9.87 Å². The highest BCUT2D eigenvalue weighted by atomic mass is 32.2. The van der Waals surface area contributed by atoms with Crippen molar-refractivity contribution in [1.29, 1.82) is 0 Å². The van der Waals surface area contributed by atoms with E-state index < -0.39 is 28.3 Å². The quantitative estimate of drug-likeness (QED) is 0.575. The van der Waals surface area contributed by atoms with E-state index in [-0.39, 0.29) is 10.6 Å². The molecule has 2 aromatic rings. The molecule has 0 aliphatic heterocycles. The van der Waals surface area contributed by atoms with E-state index in [0.29, 0.717) is 5.56 Å². The number of aryl methyl sites for hydroxylation is 1. The summed E-state index contributed by atoms with van der Waals surface area (Å²) in [6, 6.07) is 10.4. The Morgan fingerprint density at radius 1 is 1.30 bits per heavy atom. The van der Waals surface area contributed by atoms with Gasteiger partial charge in [0.2, 0.25) is 10.0 Å². The third-order valence-corrected chi connectivity index (χ3v) is 5.45. The summed E-state index contributed by atoms with van der Waals surface area (Å²) in [5.41, 5.74) is 3.42. The summed E-state index contributed by atoms with van der Waals surface area (Å²) in [6.45, 7) is 1.31. The minimum absolute atomic E-state index is 0.0245. The average Bonchev–Trinajstić information content (AvgIpc) is 2.61. The number of methoxy groups -OCH3 is 1. The van der Waals surface area contributed by atoms with Crippen LogP contribution in [0.2, 0.25) is 0 Å². The standard InChI is InChI=1S/C18H20FN3O4S/c1-13-7-8-16(26-3)17(9-13)27(24,25)22(2)12-18(23)21-20-11-14-5-4-6-15(19)10-14/h4-11H,12H2,1-3H3,(H,21,23)/b20-11-. The first-order valence-corrected chi connectivity index (χ1v) is 9.36. The first-order chi connectivity index (χ1) is 12.7. The summed E-state index contributed by atoms with van der Waals surface area (Å²) in [5, 5.41) is 3.70. The van der Waals surface area contributed by atoms with E-state index in [1.807, 2.05) is 0 Å². The lowest BCUT2D eigenvalue weighted by Gasteiger charge is -2.18. The van der Waals surface area contributed by atoms with E-state index >= 15 is 0 Å². The number of hydrogen-bond donors (Lipinski definition) is 1. The van der Waals surface area contributed by atoms with Crippen molar-refractivity contribution in [3.05, 3.63) is 59.4 Å². The third-order valence-electron chi connectivity index (χ3n) is 3.63. The molecule has 2 aromatic carbocycles. The fraction of sp³-hybridized carbons (Fsp3) is 0.222. The maximum Gasteiger partial charge on any atom is 0.255 e. The molecular weight excluding hydrogens is 373 g/mol. The molecule has 144 valence electrons. The molecule has 27 heavy (non-hydrogen) atoms. The number of carbonyl (C=O) groups excluding carboxylic acids is 1. The van der Waals surface area contributed by atoms with Gasteiger partial charge in [0.1, 0.15) is 16.5 Å². The van der Waals surface area contributed by atoms with Crippen LogP contribution in [-0.4, -0.2) is 45.5 Å². The Balaban J connectivity index is 2.06. The molecule has 0 unspecified atom stereocenters. The first kappa shape index (κ1) is 20.5. The fourth-order valence-corrected chi connectivity index (χ4v) is 3.61. The smallest absolute Gasteiger partial charge is 0.255 e. The van der Waals surface area contributed by atoms with Crippen molar-refractivity contribution in [2.45, 2.75) is 11.8 Å². The average molecular weight is 393 g/mol. The highest BCUT2D eigenvalue weighted by molar-refractivity contribution is 7.89. The summed E-state index contributed by atoms with van der Waals surface area (Å²) < 4.78 is 44.5. The van der Waals surface area contributed by atoms with Crippen LogP contribution in [0.5, 0.6) is 5.75 Å². The Bertz CT molecular complexity index is 961. The number of hydrazone groups is 1. The second-order valence-electron chi connectivity index (χ2n) is 5.76. The number of nitrogens with one attached hydrogen (secondary N) is 1. The van der Waals surface area contributed by atoms with Gasteiger partial charge in [-0.15, -0.1) is 0 Å². The van der Waals surface area contributed by atoms with Crippen LogP contribution < -0.4 is 10.2 Å². The fourth-order valence-electron chi connectivity index (χ4n) is 2.24. The van der Waals surface area contributed by atoms with Crippen LogP contribution in [0.4, 0.5) is 4.39 Å². The van der Waals surface area contributed by atoms with Crippen molar-refractivity contribution in [3.8, 4) is 5.75 Å². The highest BCUT2D eigenvalue weighted by Crippen LogP contribution is 2.26. The van der Waals surface area contributed by atoms with Crippen LogP contribution in [0.15, 0.2) is 52.5 Å². The number of benzene rings is 2. The molecule has 0 saturated heterocycles. The van der Waals surface area contributed by atoms with Gasteiger partial charge in [-0.25, -0.2) is 18.2 Å². The molecule has 0 aliphatic rings. The van der Waals surface area contributed by atoms with Gasteiger partial charge in [-0.05, 0) is 42.3 Å². The molecule has 1 N–H and O–H groups in total. The van der Waals surface area contributed by atoms with Crippen LogP contribution in [0, 0.1) is 12.7 Å². The number of hydrogen-bond acceptors (Lipinski definition) is 5. The van der Waals surface area contributed by atoms with Crippen LogP contribution in [0.1, 0.15) is 11.1 Å². The van der Waals surface area contributed by atoms with Gasteiger partial charge in [-0.2, -0.15) is 9.41 Å². The Kier molecular flexibility index (Phi) is 6.65. The second-order valence-corrected chi connectivity index (χ2v) is 7.78. The van der Waals surface area contributed by atoms with Crippen molar-refractivity contribution >= 4 is 22.1 Å². The number of carbonyl (C=O) groups is 1. The summed E-state index contributed by atoms with van der Waals surface area (Å²) in [4.78, 5) is 11.9. The van der Waals surface area contributed by atoms with Gasteiger partial charge in [0.25, 0.3) is 5.91 Å². The monoisotopic (exact) mass is 393 g/mol. The van der Waals surface area contributed by atoms with Crippen molar-refractivity contribution in [1.82, 2.24) is 9.73 Å². The van der Waals surface area contributed by atoms with E-state index in [2.05, 4.69) is 10.5 Å². The Morgan fingerprint density at radius 2 is 2.04 bits per heavy atom. The van der Waals surface area contributed by atoms with Gasteiger partial charge in [0.15, 0.2) is 0 Å². The minimum atomic E-state index is -3.94. The summed E-state index contributed by atoms with van der Waals surface area (Å²) in [6.07, 6.45) is 1.26. The number of halogens is 1. The zero-order valence-corrected chi connectivity index (χ0v) is 16.0. The topological polar surface area (TPSA) is 88.1 Å². The molecule has 0 aromatic heterocycles. The molecule has 0 spiro atoms. The Morgan fingerprint density at radius 3 is 2.70 bits per heavy atom. The molecule has 0 atom stereocenters. The van der Waals surface area contributed by atoms with Gasteiger partial charge in [0, 0.05) is 7.05 Å². The van der Waals surface area contributed by atoms with Gasteiger partial charge in [0.05, 0.1) is 19.9 Å². The lowest BCUT2D eigenvalue weighted by molar-refractivity contribution is -0.121. The lowest BCUT2D eigenvalue weighted by Crippen LogP contribution is -2.36. The summed E-state index contributed by atoms with van der Waals surface area (Å²) in [5.74, 6) is -0.875. The zero-order chi connectivity index (χ0) is 20.0. The minimum Gasteiger partial charge on any atom is -0.495 e. The van der Waals surface area contributed by atoms with Crippen LogP contribution in [-0.2, 0) is 14.8 Å². The number of sulfonamides is 1. The van der Waals surface area contributed by atoms with Gasteiger partial charge in [-0.3, -0.25) is 4.79 Å². The van der Waals surface area contributed by atoms with E-state index in [1.165, 1.54) is 44.6 Å². The molecule has 1 amide bonds. The molecule has 9 heteroatoms. The Hall–Kier alpha value is -2.78. The molecule has 0 aliphatic carbocycles. The number of amides is 1. The molecule has 0 radical (unpaired) electrons. The largest absolute Gasteiger partial charge is 0.495 e. The van der Waals surface area contributed by atoms with Crippen molar-refractivity contribution in [2.75, 3.05) is 20.7 Å². The second kappa shape index (κ2) is 8.74. The van der Waals surface area contributed by atoms with Crippen molar-refractivity contribution < 1.29 is 22.3 Å². The van der Waals surface area contributed by atoms with Crippen molar-refractivity contribution in [2.24, 2.45) is 5.10 Å².